The van der Waals surface area contributed by atoms with Gasteiger partial charge in [0, 0.05) is 59.1 Å². The van der Waals surface area contributed by atoms with Crippen LogP contribution in [-0.2, 0) is 13.3 Å². The van der Waals surface area contributed by atoms with E-state index in [0.717, 1.165) is 39.3 Å². The zero-order chi connectivity index (χ0) is 29.2. The third kappa shape index (κ3) is 6.48. The lowest BCUT2D eigenvalue weighted by atomic mass is 10.1. The quantitative estimate of drug-likeness (QED) is 0.131. The molecule has 5 nitrogen and oxygen atoms in total. The number of hydrogen-bond donors (Lipinski definition) is 0. The molecule has 0 radical (unpaired) electrons. The van der Waals surface area contributed by atoms with Crippen molar-refractivity contribution in [1.29, 1.82) is 0 Å². The van der Waals surface area contributed by atoms with Crippen molar-refractivity contribution in [2.75, 3.05) is 29.6 Å². The Balaban J connectivity index is 1.59. The normalized spacial score (nSPS) is 11.3. The molecule has 0 aromatic heterocycles. The van der Waals surface area contributed by atoms with Gasteiger partial charge in [-0.05, 0) is 87.5 Å². The lowest BCUT2D eigenvalue weighted by molar-refractivity contribution is 0.0859. The van der Waals surface area contributed by atoms with Crippen molar-refractivity contribution >= 4 is 48.1 Å². The van der Waals surface area contributed by atoms with E-state index >= 15 is 0 Å². The number of hydrogen-bond acceptors (Lipinski definition) is 5. The monoisotopic (exact) mass is 574 g/mol. The summed E-state index contributed by atoms with van der Waals surface area (Å²) in [6, 6.07) is 48.5. The summed E-state index contributed by atoms with van der Waals surface area (Å²) in [6.45, 7) is 7.51. The van der Waals surface area contributed by atoms with Gasteiger partial charge in [0.05, 0.1) is 0 Å². The largest absolute Gasteiger partial charge is 0.537 e. The molecule has 0 aliphatic carbocycles. The zero-order valence-electron chi connectivity index (χ0n) is 24.5. The summed E-state index contributed by atoms with van der Waals surface area (Å²) in [7, 11) is -3.01. The molecule has 5 aromatic rings. The van der Waals surface area contributed by atoms with Gasteiger partial charge in [0.2, 0.25) is 0 Å². The number of anilines is 6. The van der Waals surface area contributed by atoms with Gasteiger partial charge in [0.25, 0.3) is 0 Å². The van der Waals surface area contributed by atoms with Crippen molar-refractivity contribution < 1.29 is 13.3 Å². The van der Waals surface area contributed by atoms with Gasteiger partial charge in [0.15, 0.2) is 0 Å². The molecule has 0 N–H and O–H groups in total. The topological polar surface area (TPSA) is 34.2 Å². The molecule has 0 atom stereocenters. The van der Waals surface area contributed by atoms with Gasteiger partial charge in [-0.25, -0.2) is 0 Å². The fourth-order valence-electron chi connectivity index (χ4n) is 5.16. The lowest BCUT2D eigenvalue weighted by Crippen LogP contribution is -2.56. The first-order chi connectivity index (χ1) is 20.7. The molecule has 0 spiro atoms. The minimum Gasteiger partial charge on any atom is -0.370 e. The fourth-order valence-corrected chi connectivity index (χ4v) is 7.62. The Morgan fingerprint density at radius 3 is 1.10 bits per heavy atom. The summed E-state index contributed by atoms with van der Waals surface area (Å²) < 4.78 is 18.5. The molecule has 6 heteroatoms. The number of nitrogens with zero attached hydrogens (tertiary/aromatic N) is 2. The molecule has 5 aromatic carbocycles. The predicted octanol–water partition coefficient (Wildman–Crippen LogP) is 8.88. The van der Waals surface area contributed by atoms with Crippen LogP contribution >= 0.6 is 0 Å². The molecule has 0 aliphatic rings. The van der Waals surface area contributed by atoms with Gasteiger partial charge in [-0.15, -0.1) is 0 Å². The fraction of sp³-hybridized carbons (Fsp3) is 0.167. The first-order valence-corrected chi connectivity index (χ1v) is 16.3. The lowest BCUT2D eigenvalue weighted by Gasteiger charge is -2.31. The Bertz CT molecular complexity index is 1460. The maximum Gasteiger partial charge on any atom is 0.537 e. The third-order valence-electron chi connectivity index (χ3n) is 6.87. The van der Waals surface area contributed by atoms with E-state index in [1.54, 1.807) is 0 Å². The molecule has 0 amide bonds. The third-order valence-corrected chi connectivity index (χ3v) is 9.92. The van der Waals surface area contributed by atoms with E-state index in [4.69, 9.17) is 13.3 Å². The van der Waals surface area contributed by atoms with E-state index in [9.17, 15) is 0 Å². The van der Waals surface area contributed by atoms with Crippen molar-refractivity contribution in [3.05, 3.63) is 140 Å². The minimum absolute atomic E-state index is 0.524. The molecule has 0 heterocycles. The van der Waals surface area contributed by atoms with Crippen LogP contribution in [0.25, 0.3) is 0 Å². The predicted molar refractivity (Wildman–Crippen MR) is 176 cm³/mol. The molecule has 5 rings (SSSR count). The van der Waals surface area contributed by atoms with Crippen molar-refractivity contribution in [2.45, 2.75) is 20.8 Å². The summed E-state index contributed by atoms with van der Waals surface area (Å²) in [5.74, 6) is 0. The molecular formula is C36H38N2O3Si. The Morgan fingerprint density at radius 2 is 0.738 bits per heavy atom. The molecule has 0 saturated heterocycles. The Morgan fingerprint density at radius 1 is 0.405 bits per heavy atom. The minimum atomic E-state index is -3.01. The van der Waals surface area contributed by atoms with Crippen LogP contribution in [0.5, 0.6) is 0 Å². The maximum atomic E-state index is 6.17. The van der Waals surface area contributed by atoms with Crippen LogP contribution in [0.4, 0.5) is 34.1 Å². The van der Waals surface area contributed by atoms with Gasteiger partial charge in [-0.1, -0.05) is 72.8 Å². The van der Waals surface area contributed by atoms with Crippen molar-refractivity contribution in [1.82, 2.24) is 0 Å². The van der Waals surface area contributed by atoms with Crippen LogP contribution in [0.15, 0.2) is 140 Å². The molecule has 214 valence electrons. The average molecular weight is 575 g/mol. The van der Waals surface area contributed by atoms with Gasteiger partial charge in [0.1, 0.15) is 0 Å². The van der Waals surface area contributed by atoms with E-state index in [1.807, 2.05) is 39.0 Å². The van der Waals surface area contributed by atoms with Crippen molar-refractivity contribution in [3.8, 4) is 0 Å². The molecule has 0 bridgehead atoms. The van der Waals surface area contributed by atoms with Gasteiger partial charge in [-0.2, -0.15) is 0 Å². The number of rotatable bonds is 13. The second-order valence-corrected chi connectivity index (χ2v) is 12.2. The van der Waals surface area contributed by atoms with Crippen LogP contribution in [0.2, 0.25) is 0 Å². The summed E-state index contributed by atoms with van der Waals surface area (Å²) in [5, 5.41) is 0.956. The van der Waals surface area contributed by atoms with Gasteiger partial charge >= 0.3 is 8.80 Å². The smallest absolute Gasteiger partial charge is 0.370 e. The Kier molecular flexibility index (Phi) is 9.85. The highest BCUT2D eigenvalue weighted by Gasteiger charge is 2.43. The molecular weight excluding hydrogens is 536 g/mol. The highest BCUT2D eigenvalue weighted by Crippen LogP contribution is 2.40. The van der Waals surface area contributed by atoms with Crippen LogP contribution < -0.4 is 15.0 Å². The van der Waals surface area contributed by atoms with Gasteiger partial charge in [-0.3, -0.25) is 0 Å². The highest BCUT2D eigenvalue weighted by molar-refractivity contribution is 6.75. The summed E-state index contributed by atoms with van der Waals surface area (Å²) in [4.78, 5) is 4.55. The number of para-hydroxylation sites is 3. The van der Waals surface area contributed by atoms with Crippen molar-refractivity contribution in [2.24, 2.45) is 0 Å². The number of benzene rings is 5. The molecule has 0 saturated carbocycles. The standard InChI is InChI=1S/C36H38N2O3Si/c1-4-39-42(40-5-2,41-6-3)36-27-25-33(26-28-36)38(32-21-14-9-15-22-32)35-24-16-23-34(29-35)37(30-17-10-7-11-18-30)31-19-12-8-13-20-31/h7-29H,4-6H2,1-3H3. The zero-order valence-corrected chi connectivity index (χ0v) is 25.5. The second kappa shape index (κ2) is 14.1. The highest BCUT2D eigenvalue weighted by atomic mass is 28.4. The Labute approximate surface area is 250 Å². The summed E-state index contributed by atoms with van der Waals surface area (Å²) >= 11 is 0. The van der Waals surface area contributed by atoms with Gasteiger partial charge < -0.3 is 23.1 Å². The van der Waals surface area contributed by atoms with Crippen LogP contribution in [0, 0.1) is 0 Å². The van der Waals surface area contributed by atoms with E-state index in [-0.39, 0.29) is 0 Å². The molecule has 0 fully saturated rings. The van der Waals surface area contributed by atoms with E-state index in [2.05, 4.69) is 131 Å². The first kappa shape index (κ1) is 29.3. The maximum absolute atomic E-state index is 6.17. The average Bonchev–Trinajstić information content (AvgIpc) is 3.04. The SMILES string of the molecule is CCO[Si](OCC)(OCC)c1ccc(N(c2ccccc2)c2cccc(N(c3ccccc3)c3ccccc3)c2)cc1. The first-order valence-electron chi connectivity index (χ1n) is 14.6. The van der Waals surface area contributed by atoms with Crippen LogP contribution in [0.3, 0.4) is 0 Å². The van der Waals surface area contributed by atoms with E-state index < -0.39 is 8.80 Å². The van der Waals surface area contributed by atoms with E-state index in [1.165, 1.54) is 0 Å². The second-order valence-electron chi connectivity index (χ2n) is 9.60. The molecule has 0 aliphatic heterocycles. The van der Waals surface area contributed by atoms with Crippen molar-refractivity contribution in [3.63, 3.8) is 0 Å². The van der Waals surface area contributed by atoms with Crippen LogP contribution in [0.1, 0.15) is 20.8 Å². The Hall–Kier alpha value is -4.20. The summed E-state index contributed by atoms with van der Waals surface area (Å²) in [6.07, 6.45) is 0. The summed E-state index contributed by atoms with van der Waals surface area (Å²) in [5.41, 5.74) is 6.40. The molecule has 0 unspecified atom stereocenters. The van der Waals surface area contributed by atoms with E-state index in [0.29, 0.717) is 19.8 Å². The molecule has 42 heavy (non-hydrogen) atoms. The van der Waals surface area contributed by atoms with Crippen LogP contribution in [-0.4, -0.2) is 28.6 Å².